The van der Waals surface area contributed by atoms with Gasteiger partial charge in [-0.15, -0.1) is 0 Å². The molecule has 0 spiro atoms. The largest absolute Gasteiger partial charge is 0.507 e. The van der Waals surface area contributed by atoms with Gasteiger partial charge in [0, 0.05) is 45.5 Å². The zero-order valence-electron chi connectivity index (χ0n) is 20.4. The first kappa shape index (κ1) is 24.9. The van der Waals surface area contributed by atoms with Gasteiger partial charge in [-0.1, -0.05) is 37.6 Å². The minimum absolute atomic E-state index is 0.0439. The highest BCUT2D eigenvalue weighted by Crippen LogP contribution is 2.51. The van der Waals surface area contributed by atoms with Crippen molar-refractivity contribution in [3.63, 3.8) is 0 Å². The van der Waals surface area contributed by atoms with E-state index in [2.05, 4.69) is 0 Å². The summed E-state index contributed by atoms with van der Waals surface area (Å²) in [7, 11) is 0. The molecule has 1 unspecified atom stereocenters. The van der Waals surface area contributed by atoms with E-state index in [9.17, 15) is 24.1 Å². The molecule has 1 aliphatic carbocycles. The molecule has 0 saturated carbocycles. The zero-order chi connectivity index (χ0) is 26.5. The highest BCUT2D eigenvalue weighted by Gasteiger charge is 2.46. The molecular weight excluding hydrogens is 494 g/mol. The van der Waals surface area contributed by atoms with E-state index < -0.39 is 17.6 Å². The van der Waals surface area contributed by atoms with Gasteiger partial charge in [-0.2, -0.15) is 0 Å². The molecule has 4 nitrogen and oxygen atoms in total. The average molecular weight is 519 g/mol. The summed E-state index contributed by atoms with van der Waals surface area (Å²) in [5, 5.41) is 21.4. The van der Waals surface area contributed by atoms with Gasteiger partial charge >= 0.3 is 0 Å². The van der Waals surface area contributed by atoms with E-state index in [0.717, 1.165) is 0 Å². The smallest absolute Gasteiger partial charge is 0.162 e. The van der Waals surface area contributed by atoms with E-state index in [1.54, 1.807) is 53.4 Å². The number of halogens is 3. The van der Waals surface area contributed by atoms with Gasteiger partial charge in [-0.05, 0) is 78.1 Å². The summed E-state index contributed by atoms with van der Waals surface area (Å²) in [6.07, 6.45) is 0.767. The number of ketones is 1. The molecule has 1 aliphatic heterocycles. The molecule has 5 rings (SSSR count). The summed E-state index contributed by atoms with van der Waals surface area (Å²) in [6, 6.07) is 18.0. The van der Waals surface area contributed by atoms with Crippen LogP contribution in [0, 0.1) is 22.5 Å². The summed E-state index contributed by atoms with van der Waals surface area (Å²) < 4.78 is 27.7. The third-order valence-electron chi connectivity index (χ3n) is 6.88. The second kappa shape index (κ2) is 9.27. The van der Waals surface area contributed by atoms with Gasteiger partial charge in [0.25, 0.3) is 0 Å². The minimum atomic E-state index is -0.793. The SMILES string of the molecule is CC1(C)CC(=O)C2=C(C1)N(c1ccc(F)cc1)C(=N)/C(=C(/O)c1ccc(Cl)cc1)C2c1ccc(F)cc1. The van der Waals surface area contributed by atoms with Crippen LogP contribution in [0.4, 0.5) is 14.5 Å². The molecular formula is C30H25ClF2N2O2. The van der Waals surface area contributed by atoms with E-state index in [1.807, 2.05) is 13.8 Å². The Morgan fingerprint density at radius 3 is 2.11 bits per heavy atom. The number of rotatable bonds is 3. The Labute approximate surface area is 219 Å². The molecule has 0 saturated heterocycles. The lowest BCUT2D eigenvalue weighted by atomic mass is 9.67. The average Bonchev–Trinajstić information content (AvgIpc) is 2.84. The monoisotopic (exact) mass is 518 g/mol. The highest BCUT2D eigenvalue weighted by molar-refractivity contribution is 6.30. The predicted molar refractivity (Wildman–Crippen MR) is 142 cm³/mol. The van der Waals surface area contributed by atoms with E-state index in [-0.39, 0.29) is 34.8 Å². The van der Waals surface area contributed by atoms with Gasteiger partial charge in [0.05, 0.1) is 0 Å². The highest BCUT2D eigenvalue weighted by atomic mass is 35.5. The van der Waals surface area contributed by atoms with Crippen molar-refractivity contribution in [1.82, 2.24) is 0 Å². The van der Waals surface area contributed by atoms with Crippen LogP contribution in [-0.4, -0.2) is 16.7 Å². The van der Waals surface area contributed by atoms with Crippen molar-refractivity contribution in [2.75, 3.05) is 4.90 Å². The van der Waals surface area contributed by atoms with Crippen molar-refractivity contribution in [3.05, 3.63) is 117 Å². The number of benzene rings is 3. The molecule has 1 heterocycles. The fourth-order valence-corrected chi connectivity index (χ4v) is 5.37. The fourth-order valence-electron chi connectivity index (χ4n) is 5.24. The maximum absolute atomic E-state index is 13.9. The molecule has 3 aromatic rings. The van der Waals surface area contributed by atoms with E-state index in [0.29, 0.717) is 39.5 Å². The number of hydrogen-bond acceptors (Lipinski definition) is 3. The lowest BCUT2D eigenvalue weighted by Gasteiger charge is -2.45. The number of aliphatic hydroxyl groups is 1. The normalized spacial score (nSPS) is 20.7. The molecule has 0 radical (unpaired) electrons. The van der Waals surface area contributed by atoms with Crippen LogP contribution in [0.3, 0.4) is 0 Å². The van der Waals surface area contributed by atoms with Crippen molar-refractivity contribution in [1.29, 1.82) is 5.41 Å². The van der Waals surface area contributed by atoms with Crippen LogP contribution in [0.5, 0.6) is 0 Å². The summed E-state index contributed by atoms with van der Waals surface area (Å²) >= 11 is 6.06. The van der Waals surface area contributed by atoms with Crippen molar-refractivity contribution >= 4 is 34.7 Å². The van der Waals surface area contributed by atoms with Gasteiger partial charge in [0.15, 0.2) is 5.78 Å². The zero-order valence-corrected chi connectivity index (χ0v) is 21.1. The lowest BCUT2D eigenvalue weighted by Crippen LogP contribution is -2.45. The van der Waals surface area contributed by atoms with Crippen LogP contribution < -0.4 is 4.90 Å². The number of anilines is 1. The number of carbonyl (C=O) groups excluding carboxylic acids is 1. The predicted octanol–water partition coefficient (Wildman–Crippen LogP) is 7.81. The van der Waals surface area contributed by atoms with Crippen LogP contribution in [-0.2, 0) is 4.79 Å². The molecule has 0 aromatic heterocycles. The van der Waals surface area contributed by atoms with E-state index in [1.165, 1.54) is 24.3 Å². The standard InChI is InChI=1S/C30H25ClF2N2O2/c1-30(2)15-23-26(24(36)16-30)25(17-5-9-20(32)10-6-17)27(28(37)18-3-7-19(31)8-4-18)29(34)35(23)22-13-11-21(33)12-14-22/h3-14,25,34,37H,15-16H2,1-2H3/b28-27+,34-29?. The Morgan fingerprint density at radius 1 is 0.946 bits per heavy atom. The number of amidine groups is 1. The van der Waals surface area contributed by atoms with Crippen LogP contribution in [0.25, 0.3) is 5.76 Å². The van der Waals surface area contributed by atoms with Crippen LogP contribution in [0.2, 0.25) is 5.02 Å². The molecule has 37 heavy (non-hydrogen) atoms. The van der Waals surface area contributed by atoms with Gasteiger partial charge in [0.1, 0.15) is 23.2 Å². The van der Waals surface area contributed by atoms with Gasteiger partial charge in [-0.25, -0.2) is 8.78 Å². The fraction of sp³-hybridized carbons (Fsp3) is 0.200. The topological polar surface area (TPSA) is 64.4 Å². The van der Waals surface area contributed by atoms with Crippen molar-refractivity contribution in [2.45, 2.75) is 32.6 Å². The molecule has 3 aromatic carbocycles. The van der Waals surface area contributed by atoms with Crippen LogP contribution in [0.15, 0.2) is 89.6 Å². The van der Waals surface area contributed by atoms with Gasteiger partial charge < -0.3 is 5.11 Å². The van der Waals surface area contributed by atoms with Crippen LogP contribution >= 0.6 is 11.6 Å². The number of carbonyl (C=O) groups is 1. The molecule has 2 N–H and O–H groups in total. The first-order chi connectivity index (χ1) is 17.6. The number of Topliss-reactive ketones (excluding diaryl/α,β-unsaturated/α-hetero) is 1. The second-order valence-corrected chi connectivity index (χ2v) is 10.7. The van der Waals surface area contributed by atoms with Crippen molar-refractivity contribution < 1.29 is 18.7 Å². The number of aliphatic hydroxyl groups excluding tert-OH is 1. The molecule has 2 aliphatic rings. The molecule has 0 bridgehead atoms. The van der Waals surface area contributed by atoms with Gasteiger partial charge in [0.2, 0.25) is 0 Å². The molecule has 1 atom stereocenters. The third-order valence-corrected chi connectivity index (χ3v) is 7.14. The first-order valence-corrected chi connectivity index (χ1v) is 12.3. The lowest BCUT2D eigenvalue weighted by molar-refractivity contribution is -0.118. The Balaban J connectivity index is 1.84. The van der Waals surface area contributed by atoms with E-state index >= 15 is 0 Å². The molecule has 0 amide bonds. The molecule has 188 valence electrons. The van der Waals surface area contributed by atoms with Crippen molar-refractivity contribution in [2.24, 2.45) is 5.41 Å². The van der Waals surface area contributed by atoms with Crippen molar-refractivity contribution in [3.8, 4) is 0 Å². The number of hydrogen-bond donors (Lipinski definition) is 2. The Bertz CT molecular complexity index is 1460. The van der Waals surface area contributed by atoms with Crippen LogP contribution in [0.1, 0.15) is 43.7 Å². The maximum atomic E-state index is 13.9. The number of nitrogens with zero attached hydrogens (tertiary/aromatic N) is 1. The summed E-state index contributed by atoms with van der Waals surface area (Å²) in [5.74, 6) is -1.99. The minimum Gasteiger partial charge on any atom is -0.507 e. The Kier molecular flexibility index (Phi) is 6.24. The van der Waals surface area contributed by atoms with Gasteiger partial charge in [-0.3, -0.25) is 15.1 Å². The first-order valence-electron chi connectivity index (χ1n) is 11.9. The summed E-state index contributed by atoms with van der Waals surface area (Å²) in [4.78, 5) is 15.4. The summed E-state index contributed by atoms with van der Waals surface area (Å²) in [6.45, 7) is 3.98. The Hall–Kier alpha value is -3.77. The molecule has 7 heteroatoms. The second-order valence-electron chi connectivity index (χ2n) is 10.2. The quantitative estimate of drug-likeness (QED) is 0.347. The number of nitrogens with one attached hydrogen (secondary N) is 1. The molecule has 0 fully saturated rings. The third kappa shape index (κ3) is 4.58. The summed E-state index contributed by atoms with van der Waals surface area (Å²) in [5.41, 5.74) is 2.40. The Morgan fingerprint density at radius 2 is 1.51 bits per heavy atom. The maximum Gasteiger partial charge on any atom is 0.162 e. The van der Waals surface area contributed by atoms with E-state index in [4.69, 9.17) is 11.6 Å². The number of allylic oxidation sites excluding steroid dienone is 2.